The first-order chi connectivity index (χ1) is 9.81. The average molecular weight is 275 g/mol. The molecule has 2 heteroatoms. The van der Waals surface area contributed by atoms with E-state index in [1.165, 1.54) is 36.8 Å². The molecule has 1 aliphatic rings. The molecule has 1 aliphatic carbocycles. The van der Waals surface area contributed by atoms with E-state index in [4.69, 9.17) is 4.74 Å². The Balaban J connectivity index is 1.84. The Morgan fingerprint density at radius 1 is 1.25 bits per heavy atom. The van der Waals surface area contributed by atoms with Crippen molar-refractivity contribution in [3.8, 4) is 0 Å². The van der Waals surface area contributed by atoms with Gasteiger partial charge in [-0.05, 0) is 49.7 Å². The normalized spacial score (nSPS) is 16.3. The molecule has 1 atom stereocenters. The maximum atomic E-state index is 5.76. The van der Waals surface area contributed by atoms with Crippen LogP contribution in [0.1, 0.15) is 56.1 Å². The number of hydrogen-bond acceptors (Lipinski definition) is 2. The fourth-order valence-electron chi connectivity index (χ4n) is 2.58. The number of ether oxygens (including phenoxy) is 1. The minimum absolute atomic E-state index is 0.582. The molecule has 0 radical (unpaired) electrons. The van der Waals surface area contributed by atoms with Crippen LogP contribution in [-0.2, 0) is 4.74 Å². The lowest BCUT2D eigenvalue weighted by atomic mass is 9.92. The Morgan fingerprint density at radius 3 is 2.75 bits per heavy atom. The third kappa shape index (κ3) is 5.26. The van der Waals surface area contributed by atoms with E-state index in [-0.39, 0.29) is 0 Å². The topological polar surface area (TPSA) is 21.3 Å². The molecule has 0 spiro atoms. The van der Waals surface area contributed by atoms with Crippen molar-refractivity contribution >= 4 is 0 Å². The van der Waals surface area contributed by atoms with Gasteiger partial charge >= 0.3 is 0 Å². The number of unbranched alkanes of at least 4 members (excludes halogenated alkanes) is 1. The van der Waals surface area contributed by atoms with Crippen molar-refractivity contribution in [3.05, 3.63) is 35.4 Å². The summed E-state index contributed by atoms with van der Waals surface area (Å²) in [7, 11) is 0. The summed E-state index contributed by atoms with van der Waals surface area (Å²) in [5.41, 5.74) is 2.89. The molecule has 0 aliphatic heterocycles. The van der Waals surface area contributed by atoms with Gasteiger partial charge in [-0.3, -0.25) is 0 Å². The molecule has 2 rings (SSSR count). The number of aryl methyl sites for hydroxylation is 1. The van der Waals surface area contributed by atoms with Gasteiger partial charge in [0.2, 0.25) is 0 Å². The number of benzene rings is 1. The van der Waals surface area contributed by atoms with Crippen LogP contribution in [-0.4, -0.2) is 25.8 Å². The van der Waals surface area contributed by atoms with Crippen molar-refractivity contribution < 1.29 is 4.74 Å². The van der Waals surface area contributed by atoms with E-state index in [1.54, 1.807) is 0 Å². The fourth-order valence-corrected chi connectivity index (χ4v) is 2.58. The SMILES string of the molecule is CCCCOCCC(CNC1CC1)c1ccccc1C. The van der Waals surface area contributed by atoms with Gasteiger partial charge in [0.15, 0.2) is 0 Å². The van der Waals surface area contributed by atoms with Gasteiger partial charge in [-0.25, -0.2) is 0 Å². The van der Waals surface area contributed by atoms with E-state index < -0.39 is 0 Å². The summed E-state index contributed by atoms with van der Waals surface area (Å²) in [5.74, 6) is 0.582. The Morgan fingerprint density at radius 2 is 2.05 bits per heavy atom. The van der Waals surface area contributed by atoms with Gasteiger partial charge in [0.25, 0.3) is 0 Å². The van der Waals surface area contributed by atoms with Crippen LogP contribution in [0.15, 0.2) is 24.3 Å². The molecule has 20 heavy (non-hydrogen) atoms. The quantitative estimate of drug-likeness (QED) is 0.651. The molecule has 1 unspecified atom stereocenters. The van der Waals surface area contributed by atoms with Crippen molar-refractivity contribution in [2.24, 2.45) is 0 Å². The van der Waals surface area contributed by atoms with Gasteiger partial charge in [0.05, 0.1) is 0 Å². The second-order valence-corrected chi connectivity index (χ2v) is 5.99. The molecule has 1 aromatic carbocycles. The van der Waals surface area contributed by atoms with E-state index in [2.05, 4.69) is 43.4 Å². The fraction of sp³-hybridized carbons (Fsp3) is 0.667. The number of rotatable bonds is 10. The van der Waals surface area contributed by atoms with Gasteiger partial charge in [-0.1, -0.05) is 37.6 Å². The van der Waals surface area contributed by atoms with Gasteiger partial charge < -0.3 is 10.1 Å². The molecule has 0 saturated heterocycles. The summed E-state index contributed by atoms with van der Waals surface area (Å²) >= 11 is 0. The zero-order valence-electron chi connectivity index (χ0n) is 13.0. The lowest BCUT2D eigenvalue weighted by Gasteiger charge is -2.20. The molecule has 1 fully saturated rings. The smallest absolute Gasteiger partial charge is 0.0472 e. The first-order valence-corrected chi connectivity index (χ1v) is 8.18. The van der Waals surface area contributed by atoms with E-state index in [0.717, 1.165) is 32.2 Å². The Bertz CT molecular complexity index is 387. The summed E-state index contributed by atoms with van der Waals surface area (Å²) in [6.45, 7) is 7.31. The van der Waals surface area contributed by atoms with Crippen molar-refractivity contribution in [1.29, 1.82) is 0 Å². The van der Waals surface area contributed by atoms with Gasteiger partial charge in [0.1, 0.15) is 0 Å². The van der Waals surface area contributed by atoms with Gasteiger partial charge in [0, 0.05) is 25.8 Å². The molecule has 112 valence electrons. The Labute approximate surface area is 123 Å². The summed E-state index contributed by atoms with van der Waals surface area (Å²) in [6, 6.07) is 9.56. The minimum Gasteiger partial charge on any atom is -0.381 e. The number of nitrogens with one attached hydrogen (secondary N) is 1. The van der Waals surface area contributed by atoms with E-state index in [0.29, 0.717) is 5.92 Å². The van der Waals surface area contributed by atoms with Crippen LogP contribution in [0, 0.1) is 6.92 Å². The van der Waals surface area contributed by atoms with Crippen LogP contribution in [0.5, 0.6) is 0 Å². The summed E-state index contributed by atoms with van der Waals surface area (Å²) in [5, 5.41) is 3.68. The predicted octanol–water partition coefficient (Wildman–Crippen LogP) is 4.04. The molecule has 0 bridgehead atoms. The molecule has 1 saturated carbocycles. The van der Waals surface area contributed by atoms with Crippen LogP contribution in [0.2, 0.25) is 0 Å². The first kappa shape index (κ1) is 15.5. The molecular weight excluding hydrogens is 246 g/mol. The molecular formula is C18H29NO. The maximum absolute atomic E-state index is 5.76. The highest BCUT2D eigenvalue weighted by molar-refractivity contribution is 5.29. The van der Waals surface area contributed by atoms with Crippen LogP contribution in [0.4, 0.5) is 0 Å². The molecule has 0 amide bonds. The van der Waals surface area contributed by atoms with E-state index >= 15 is 0 Å². The highest BCUT2D eigenvalue weighted by atomic mass is 16.5. The van der Waals surface area contributed by atoms with Crippen LogP contribution < -0.4 is 5.32 Å². The molecule has 0 heterocycles. The highest BCUT2D eigenvalue weighted by Gasteiger charge is 2.22. The number of hydrogen-bond donors (Lipinski definition) is 1. The Kier molecular flexibility index (Phi) is 6.55. The zero-order valence-corrected chi connectivity index (χ0v) is 13.0. The average Bonchev–Trinajstić information content (AvgIpc) is 3.27. The van der Waals surface area contributed by atoms with Crippen molar-refractivity contribution in [2.75, 3.05) is 19.8 Å². The van der Waals surface area contributed by atoms with Crippen LogP contribution in [0.3, 0.4) is 0 Å². The largest absolute Gasteiger partial charge is 0.381 e. The zero-order chi connectivity index (χ0) is 14.2. The van der Waals surface area contributed by atoms with Crippen molar-refractivity contribution in [2.45, 2.75) is 57.9 Å². The standard InChI is InChI=1S/C18H29NO/c1-3-4-12-20-13-11-16(14-19-17-9-10-17)18-8-6-5-7-15(18)2/h5-8,16-17,19H,3-4,9-14H2,1-2H3. The summed E-state index contributed by atoms with van der Waals surface area (Å²) in [4.78, 5) is 0. The van der Waals surface area contributed by atoms with E-state index in [1.807, 2.05) is 0 Å². The van der Waals surface area contributed by atoms with Crippen molar-refractivity contribution in [1.82, 2.24) is 5.32 Å². The third-order valence-corrected chi connectivity index (χ3v) is 4.11. The van der Waals surface area contributed by atoms with Crippen LogP contribution in [0.25, 0.3) is 0 Å². The summed E-state index contributed by atoms with van der Waals surface area (Å²) in [6.07, 6.45) is 6.22. The lowest BCUT2D eigenvalue weighted by Crippen LogP contribution is -2.25. The van der Waals surface area contributed by atoms with Crippen molar-refractivity contribution in [3.63, 3.8) is 0 Å². The van der Waals surface area contributed by atoms with Gasteiger partial charge in [-0.15, -0.1) is 0 Å². The highest BCUT2D eigenvalue weighted by Crippen LogP contribution is 2.25. The third-order valence-electron chi connectivity index (χ3n) is 4.11. The summed E-state index contributed by atoms with van der Waals surface area (Å²) < 4.78 is 5.76. The monoisotopic (exact) mass is 275 g/mol. The molecule has 1 aromatic rings. The minimum atomic E-state index is 0.582. The van der Waals surface area contributed by atoms with Crippen LogP contribution >= 0.6 is 0 Å². The Hall–Kier alpha value is -0.860. The maximum Gasteiger partial charge on any atom is 0.0472 e. The second-order valence-electron chi connectivity index (χ2n) is 5.99. The van der Waals surface area contributed by atoms with Gasteiger partial charge in [-0.2, -0.15) is 0 Å². The first-order valence-electron chi connectivity index (χ1n) is 8.18. The second kappa shape index (κ2) is 8.43. The molecule has 2 nitrogen and oxygen atoms in total. The van der Waals surface area contributed by atoms with E-state index in [9.17, 15) is 0 Å². The lowest BCUT2D eigenvalue weighted by molar-refractivity contribution is 0.124. The molecule has 1 N–H and O–H groups in total. The predicted molar refractivity (Wildman–Crippen MR) is 85.3 cm³/mol. The molecule has 0 aromatic heterocycles.